The van der Waals surface area contributed by atoms with Crippen LogP contribution in [-0.4, -0.2) is 12.0 Å². The monoisotopic (exact) mass is 242 g/mol. The Hall–Kier alpha value is -1.57. The van der Waals surface area contributed by atoms with E-state index in [-0.39, 0.29) is 0 Å². The average Bonchev–Trinajstić information content (AvgIpc) is 2.25. The van der Waals surface area contributed by atoms with Gasteiger partial charge in [-0.3, -0.25) is 4.98 Å². The molecule has 0 aliphatic rings. The molecule has 0 unspecified atom stereocenters. The summed E-state index contributed by atoms with van der Waals surface area (Å²) in [7, 11) is 2.00. The van der Waals surface area contributed by atoms with Crippen LogP contribution in [0.3, 0.4) is 0 Å². The van der Waals surface area contributed by atoms with Crippen molar-refractivity contribution in [1.82, 2.24) is 4.98 Å². The number of rotatable bonds is 2. The van der Waals surface area contributed by atoms with Crippen LogP contribution in [0.15, 0.2) is 12.1 Å². The highest BCUT2D eigenvalue weighted by Gasteiger charge is 2.15. The number of nitrogens with one attached hydrogen (secondary N) is 1. The zero-order valence-electron chi connectivity index (χ0n) is 12.2. The Morgan fingerprint density at radius 2 is 1.78 bits per heavy atom. The first-order chi connectivity index (χ1) is 8.45. The van der Waals surface area contributed by atoms with E-state index in [4.69, 9.17) is 4.98 Å². The largest absolute Gasteiger partial charge is 0.387 e. The summed E-state index contributed by atoms with van der Waals surface area (Å²) in [5.74, 6) is 0.477. The molecule has 0 fully saturated rings. The van der Waals surface area contributed by atoms with E-state index in [0.29, 0.717) is 5.92 Å². The van der Waals surface area contributed by atoms with Crippen molar-refractivity contribution in [1.29, 1.82) is 0 Å². The Bertz CT molecular complexity index is 598. The lowest BCUT2D eigenvalue weighted by molar-refractivity contribution is 0.849. The second-order valence-corrected chi connectivity index (χ2v) is 5.37. The summed E-state index contributed by atoms with van der Waals surface area (Å²) in [5, 5.41) is 4.64. The van der Waals surface area contributed by atoms with Crippen LogP contribution in [0, 0.1) is 20.8 Å². The Kier molecular flexibility index (Phi) is 3.29. The van der Waals surface area contributed by atoms with E-state index in [1.807, 2.05) is 7.05 Å². The van der Waals surface area contributed by atoms with E-state index in [9.17, 15) is 0 Å². The summed E-state index contributed by atoms with van der Waals surface area (Å²) in [6.07, 6.45) is 0. The molecule has 0 aliphatic carbocycles. The highest BCUT2D eigenvalue weighted by atomic mass is 14.9. The van der Waals surface area contributed by atoms with E-state index < -0.39 is 0 Å². The van der Waals surface area contributed by atoms with E-state index >= 15 is 0 Å². The van der Waals surface area contributed by atoms with Crippen molar-refractivity contribution in [3.05, 3.63) is 34.5 Å². The first-order valence-corrected chi connectivity index (χ1v) is 6.55. The summed E-state index contributed by atoms with van der Waals surface area (Å²) in [4.78, 5) is 4.79. The van der Waals surface area contributed by atoms with Gasteiger partial charge in [0, 0.05) is 23.8 Å². The zero-order chi connectivity index (χ0) is 13.4. The molecular weight excluding hydrogens is 220 g/mol. The summed E-state index contributed by atoms with van der Waals surface area (Å²) in [5.41, 5.74) is 7.36. The van der Waals surface area contributed by atoms with E-state index in [1.54, 1.807) is 0 Å². The number of hydrogen-bond donors (Lipinski definition) is 1. The fourth-order valence-electron chi connectivity index (χ4n) is 2.88. The van der Waals surface area contributed by atoms with Crippen molar-refractivity contribution < 1.29 is 0 Å². The van der Waals surface area contributed by atoms with Crippen LogP contribution in [0.4, 0.5) is 5.69 Å². The molecule has 1 aromatic carbocycles. The van der Waals surface area contributed by atoms with Gasteiger partial charge in [0.15, 0.2) is 0 Å². The smallest absolute Gasteiger partial charge is 0.0731 e. The van der Waals surface area contributed by atoms with Crippen molar-refractivity contribution in [2.24, 2.45) is 0 Å². The van der Waals surface area contributed by atoms with Crippen LogP contribution in [0.1, 0.15) is 42.1 Å². The molecule has 0 radical (unpaired) electrons. The molecule has 0 amide bonds. The molecule has 18 heavy (non-hydrogen) atoms. The highest BCUT2D eigenvalue weighted by molar-refractivity contribution is 5.96. The van der Waals surface area contributed by atoms with Gasteiger partial charge in [-0.25, -0.2) is 0 Å². The Morgan fingerprint density at radius 3 is 2.33 bits per heavy atom. The number of hydrogen-bond acceptors (Lipinski definition) is 2. The molecule has 0 aliphatic heterocycles. The minimum Gasteiger partial charge on any atom is -0.387 e. The van der Waals surface area contributed by atoms with Gasteiger partial charge in [-0.15, -0.1) is 0 Å². The molecule has 0 spiro atoms. The lowest BCUT2D eigenvalue weighted by Crippen LogP contribution is -2.04. The number of aryl methyl sites for hydroxylation is 3. The Labute approximate surface area is 109 Å². The van der Waals surface area contributed by atoms with Gasteiger partial charge >= 0.3 is 0 Å². The first-order valence-electron chi connectivity index (χ1n) is 6.55. The molecule has 1 heterocycles. The van der Waals surface area contributed by atoms with Gasteiger partial charge < -0.3 is 5.32 Å². The molecule has 0 saturated carbocycles. The van der Waals surface area contributed by atoms with Crippen LogP contribution in [0.5, 0.6) is 0 Å². The van der Waals surface area contributed by atoms with Crippen LogP contribution >= 0.6 is 0 Å². The van der Waals surface area contributed by atoms with E-state index in [0.717, 1.165) is 11.2 Å². The molecule has 2 rings (SSSR count). The second kappa shape index (κ2) is 4.60. The number of anilines is 1. The molecule has 0 saturated heterocycles. The van der Waals surface area contributed by atoms with Gasteiger partial charge in [0.25, 0.3) is 0 Å². The molecule has 1 N–H and O–H groups in total. The van der Waals surface area contributed by atoms with Crippen LogP contribution < -0.4 is 5.32 Å². The van der Waals surface area contributed by atoms with E-state index in [1.165, 1.54) is 27.8 Å². The summed E-state index contributed by atoms with van der Waals surface area (Å²) in [6.45, 7) is 10.8. The normalized spacial score (nSPS) is 11.3. The van der Waals surface area contributed by atoms with Crippen molar-refractivity contribution in [2.45, 2.75) is 40.5 Å². The second-order valence-electron chi connectivity index (χ2n) is 5.37. The van der Waals surface area contributed by atoms with Gasteiger partial charge in [-0.1, -0.05) is 19.9 Å². The van der Waals surface area contributed by atoms with Crippen molar-refractivity contribution >= 4 is 16.6 Å². The fourth-order valence-corrected chi connectivity index (χ4v) is 2.88. The molecule has 2 aromatic rings. The molecule has 0 bridgehead atoms. The lowest BCUT2D eigenvalue weighted by atomic mass is 9.94. The SMILES string of the molecule is CNc1c(C(C)C)c(C)nc2cc(C)cc(C)c12. The predicted molar refractivity (Wildman–Crippen MR) is 79.6 cm³/mol. The molecule has 2 nitrogen and oxygen atoms in total. The number of fused-ring (bicyclic) bond motifs is 1. The molecule has 0 atom stereocenters. The fraction of sp³-hybridized carbons (Fsp3) is 0.438. The van der Waals surface area contributed by atoms with Gasteiger partial charge in [0.05, 0.1) is 5.52 Å². The standard InChI is InChI=1S/C16H22N2/c1-9(2)14-12(5)18-13-8-10(3)7-11(4)15(13)16(14)17-6/h7-9H,1-6H3,(H,17,18). The van der Waals surface area contributed by atoms with Crippen LogP contribution in [0.2, 0.25) is 0 Å². The highest BCUT2D eigenvalue weighted by Crippen LogP contribution is 2.35. The maximum absolute atomic E-state index is 4.79. The van der Waals surface area contributed by atoms with E-state index in [2.05, 4.69) is 52.1 Å². The summed E-state index contributed by atoms with van der Waals surface area (Å²) in [6, 6.07) is 4.39. The molecular formula is C16H22N2. The topological polar surface area (TPSA) is 24.9 Å². The maximum atomic E-state index is 4.79. The van der Waals surface area contributed by atoms with Crippen molar-refractivity contribution in [2.75, 3.05) is 12.4 Å². The quantitative estimate of drug-likeness (QED) is 0.848. The maximum Gasteiger partial charge on any atom is 0.0731 e. The number of nitrogens with zero attached hydrogens (tertiary/aromatic N) is 1. The first kappa shape index (κ1) is 12.9. The lowest BCUT2D eigenvalue weighted by Gasteiger charge is -2.19. The minimum atomic E-state index is 0.477. The predicted octanol–water partition coefficient (Wildman–Crippen LogP) is 4.33. The number of pyridine rings is 1. The minimum absolute atomic E-state index is 0.477. The van der Waals surface area contributed by atoms with Crippen LogP contribution in [0.25, 0.3) is 10.9 Å². The third-order valence-electron chi connectivity index (χ3n) is 3.48. The zero-order valence-corrected chi connectivity index (χ0v) is 12.2. The number of aromatic nitrogens is 1. The van der Waals surface area contributed by atoms with Gasteiger partial charge in [-0.05, 0) is 49.4 Å². The van der Waals surface area contributed by atoms with Gasteiger partial charge in [0.2, 0.25) is 0 Å². The van der Waals surface area contributed by atoms with Crippen LogP contribution in [-0.2, 0) is 0 Å². The third-order valence-corrected chi connectivity index (χ3v) is 3.48. The summed E-state index contributed by atoms with van der Waals surface area (Å²) >= 11 is 0. The van der Waals surface area contributed by atoms with Gasteiger partial charge in [0.1, 0.15) is 0 Å². The third kappa shape index (κ3) is 1.96. The Balaban J connectivity index is 2.94. The van der Waals surface area contributed by atoms with Crippen molar-refractivity contribution in [3.8, 4) is 0 Å². The molecule has 96 valence electrons. The number of benzene rings is 1. The Morgan fingerprint density at radius 1 is 1.11 bits per heavy atom. The van der Waals surface area contributed by atoms with Gasteiger partial charge in [-0.2, -0.15) is 0 Å². The molecule has 1 aromatic heterocycles. The average molecular weight is 242 g/mol. The molecule has 2 heteroatoms. The summed E-state index contributed by atoms with van der Waals surface area (Å²) < 4.78 is 0. The van der Waals surface area contributed by atoms with Crippen molar-refractivity contribution in [3.63, 3.8) is 0 Å².